The summed E-state index contributed by atoms with van der Waals surface area (Å²) in [5.74, 6) is 0.174. The van der Waals surface area contributed by atoms with Crippen molar-refractivity contribution >= 4 is 11.7 Å². The number of likely N-dealkylation sites (tertiary alicyclic amines) is 1. The number of carbonyl (C=O) groups is 2. The number of aryl methyl sites for hydroxylation is 1. The third-order valence-electron chi connectivity index (χ3n) is 3.98. The van der Waals surface area contributed by atoms with Crippen molar-refractivity contribution in [3.05, 3.63) is 47.6 Å². The summed E-state index contributed by atoms with van der Waals surface area (Å²) in [6.07, 6.45) is 4.63. The molecule has 1 amide bonds. The van der Waals surface area contributed by atoms with E-state index in [0.29, 0.717) is 30.1 Å². The van der Waals surface area contributed by atoms with Gasteiger partial charge in [0.2, 0.25) is 0 Å². The van der Waals surface area contributed by atoms with Crippen LogP contribution in [0.15, 0.2) is 35.1 Å². The van der Waals surface area contributed by atoms with Crippen LogP contribution in [0.1, 0.15) is 39.4 Å². The van der Waals surface area contributed by atoms with Crippen molar-refractivity contribution in [3.8, 4) is 0 Å². The summed E-state index contributed by atoms with van der Waals surface area (Å²) in [4.78, 5) is 30.8. The molecular formula is C16H17N3O3. The molecule has 1 aliphatic rings. The van der Waals surface area contributed by atoms with Crippen molar-refractivity contribution < 1.29 is 14.1 Å². The van der Waals surface area contributed by atoms with Gasteiger partial charge < -0.3 is 9.42 Å². The average Bonchev–Trinajstić information content (AvgIpc) is 3.00. The summed E-state index contributed by atoms with van der Waals surface area (Å²) in [5, 5.41) is 3.64. The van der Waals surface area contributed by atoms with Gasteiger partial charge in [-0.05, 0) is 31.9 Å². The van der Waals surface area contributed by atoms with Crippen molar-refractivity contribution in [2.75, 3.05) is 13.1 Å². The predicted molar refractivity (Wildman–Crippen MR) is 78.4 cm³/mol. The first-order valence-electron chi connectivity index (χ1n) is 7.32. The Morgan fingerprint density at radius 1 is 1.36 bits per heavy atom. The minimum absolute atomic E-state index is 0.000130. The lowest BCUT2D eigenvalue weighted by molar-refractivity contribution is 0.0634. The van der Waals surface area contributed by atoms with Crippen LogP contribution >= 0.6 is 0 Å². The van der Waals surface area contributed by atoms with Crippen LogP contribution in [0.2, 0.25) is 0 Å². The number of aromatic nitrogens is 2. The fourth-order valence-corrected chi connectivity index (χ4v) is 2.77. The molecule has 6 nitrogen and oxygen atoms in total. The van der Waals surface area contributed by atoms with Crippen LogP contribution in [0.5, 0.6) is 0 Å². The maximum Gasteiger partial charge on any atom is 0.259 e. The summed E-state index contributed by atoms with van der Waals surface area (Å²) in [5.41, 5.74) is 0.925. The van der Waals surface area contributed by atoms with Crippen LogP contribution in [0.25, 0.3) is 0 Å². The molecule has 114 valence electrons. The average molecular weight is 299 g/mol. The molecule has 0 N–H and O–H groups in total. The lowest BCUT2D eigenvalue weighted by atomic mass is 9.91. The van der Waals surface area contributed by atoms with Crippen molar-refractivity contribution in [1.29, 1.82) is 0 Å². The van der Waals surface area contributed by atoms with Gasteiger partial charge in [-0.15, -0.1) is 0 Å². The van der Waals surface area contributed by atoms with Crippen LogP contribution in [-0.4, -0.2) is 39.8 Å². The van der Waals surface area contributed by atoms with E-state index in [9.17, 15) is 9.59 Å². The third kappa shape index (κ3) is 2.77. The van der Waals surface area contributed by atoms with Crippen molar-refractivity contribution in [2.45, 2.75) is 19.8 Å². The number of piperidine rings is 1. The Labute approximate surface area is 128 Å². The van der Waals surface area contributed by atoms with Crippen LogP contribution in [-0.2, 0) is 0 Å². The van der Waals surface area contributed by atoms with Gasteiger partial charge in [0.1, 0.15) is 17.0 Å². The maximum absolute atomic E-state index is 12.5. The summed E-state index contributed by atoms with van der Waals surface area (Å²) >= 11 is 0. The van der Waals surface area contributed by atoms with E-state index >= 15 is 0 Å². The molecular weight excluding hydrogens is 282 g/mol. The zero-order valence-corrected chi connectivity index (χ0v) is 12.4. The van der Waals surface area contributed by atoms with Gasteiger partial charge in [-0.2, -0.15) is 0 Å². The third-order valence-corrected chi connectivity index (χ3v) is 3.98. The second-order valence-corrected chi connectivity index (χ2v) is 5.47. The molecule has 0 spiro atoms. The Morgan fingerprint density at radius 3 is 2.91 bits per heavy atom. The number of nitrogens with zero attached hydrogens (tertiary/aromatic N) is 3. The lowest BCUT2D eigenvalue weighted by Crippen LogP contribution is -2.42. The van der Waals surface area contributed by atoms with E-state index < -0.39 is 0 Å². The van der Waals surface area contributed by atoms with Crippen LogP contribution < -0.4 is 0 Å². The zero-order chi connectivity index (χ0) is 15.5. The number of hydrogen-bond donors (Lipinski definition) is 0. The van der Waals surface area contributed by atoms with Gasteiger partial charge in [0.05, 0.1) is 6.20 Å². The lowest BCUT2D eigenvalue weighted by Gasteiger charge is -2.31. The molecule has 3 heterocycles. The van der Waals surface area contributed by atoms with E-state index in [2.05, 4.69) is 10.1 Å². The topological polar surface area (TPSA) is 76.3 Å². The SMILES string of the molecule is Cc1oncc1C(=O)N1CCCC(C(=O)c2ccccn2)C1. The maximum atomic E-state index is 12.5. The Morgan fingerprint density at radius 2 is 2.23 bits per heavy atom. The minimum Gasteiger partial charge on any atom is -0.361 e. The number of pyridine rings is 1. The van der Waals surface area contributed by atoms with Crippen molar-refractivity contribution in [1.82, 2.24) is 15.0 Å². The molecule has 0 saturated carbocycles. The normalized spacial score (nSPS) is 18.2. The summed E-state index contributed by atoms with van der Waals surface area (Å²) < 4.78 is 4.95. The zero-order valence-electron chi connectivity index (χ0n) is 12.4. The number of hydrogen-bond acceptors (Lipinski definition) is 5. The smallest absolute Gasteiger partial charge is 0.259 e. The first-order chi connectivity index (χ1) is 10.7. The highest BCUT2D eigenvalue weighted by molar-refractivity contribution is 5.98. The summed E-state index contributed by atoms with van der Waals surface area (Å²) in [6, 6.07) is 5.29. The summed E-state index contributed by atoms with van der Waals surface area (Å²) in [6.45, 7) is 2.77. The second-order valence-electron chi connectivity index (χ2n) is 5.47. The summed E-state index contributed by atoms with van der Waals surface area (Å²) in [7, 11) is 0. The van der Waals surface area contributed by atoms with Gasteiger partial charge in [-0.1, -0.05) is 11.2 Å². The highest BCUT2D eigenvalue weighted by atomic mass is 16.5. The Hall–Kier alpha value is -2.50. The quantitative estimate of drug-likeness (QED) is 0.811. The van der Waals surface area contributed by atoms with E-state index in [4.69, 9.17) is 4.52 Å². The molecule has 0 aliphatic carbocycles. The van der Waals surface area contributed by atoms with Crippen LogP contribution in [0, 0.1) is 12.8 Å². The number of rotatable bonds is 3. The first kappa shape index (κ1) is 14.4. The highest BCUT2D eigenvalue weighted by Gasteiger charge is 2.31. The van der Waals surface area contributed by atoms with E-state index in [0.717, 1.165) is 12.8 Å². The van der Waals surface area contributed by atoms with Crippen molar-refractivity contribution in [3.63, 3.8) is 0 Å². The number of amides is 1. The van der Waals surface area contributed by atoms with Crippen LogP contribution in [0.3, 0.4) is 0 Å². The Balaban J connectivity index is 1.73. The molecule has 2 aromatic rings. The molecule has 2 aromatic heterocycles. The van der Waals surface area contributed by atoms with Gasteiger partial charge in [0, 0.05) is 25.2 Å². The van der Waals surface area contributed by atoms with Gasteiger partial charge in [-0.3, -0.25) is 14.6 Å². The molecule has 0 bridgehead atoms. The number of ketones is 1. The fraction of sp³-hybridized carbons (Fsp3) is 0.375. The standard InChI is InChI=1S/C16H17N3O3/c1-11-13(9-18-22-11)16(21)19-8-4-5-12(10-19)15(20)14-6-2-3-7-17-14/h2-3,6-7,9,12H,4-5,8,10H2,1H3. The van der Waals surface area contributed by atoms with E-state index in [-0.39, 0.29) is 17.6 Å². The first-order valence-corrected chi connectivity index (χ1v) is 7.32. The molecule has 1 aliphatic heterocycles. The molecule has 1 saturated heterocycles. The second kappa shape index (κ2) is 6.09. The Bertz CT molecular complexity index is 681. The van der Waals surface area contributed by atoms with Gasteiger partial charge in [0.15, 0.2) is 5.78 Å². The molecule has 1 fully saturated rings. The molecule has 1 atom stereocenters. The fourth-order valence-electron chi connectivity index (χ4n) is 2.77. The molecule has 3 rings (SSSR count). The molecule has 6 heteroatoms. The van der Waals surface area contributed by atoms with Crippen LogP contribution in [0.4, 0.5) is 0 Å². The van der Waals surface area contributed by atoms with Crippen molar-refractivity contribution in [2.24, 2.45) is 5.92 Å². The Kier molecular flexibility index (Phi) is 4.00. The van der Waals surface area contributed by atoms with Gasteiger partial charge >= 0.3 is 0 Å². The van der Waals surface area contributed by atoms with Gasteiger partial charge in [-0.25, -0.2) is 0 Å². The highest BCUT2D eigenvalue weighted by Crippen LogP contribution is 2.22. The molecule has 22 heavy (non-hydrogen) atoms. The van der Waals surface area contributed by atoms with Gasteiger partial charge in [0.25, 0.3) is 5.91 Å². The largest absolute Gasteiger partial charge is 0.361 e. The molecule has 0 radical (unpaired) electrons. The molecule has 0 aromatic carbocycles. The van der Waals surface area contributed by atoms with E-state index in [1.165, 1.54) is 6.20 Å². The van der Waals surface area contributed by atoms with E-state index in [1.807, 2.05) is 0 Å². The molecule has 1 unspecified atom stereocenters. The number of Topliss-reactive ketones (excluding diaryl/α,β-unsaturated/α-hetero) is 1. The predicted octanol–water partition coefficient (Wildman–Crippen LogP) is 2.11. The minimum atomic E-state index is -0.201. The monoisotopic (exact) mass is 299 g/mol. The van der Waals surface area contributed by atoms with E-state index in [1.54, 1.807) is 36.2 Å². The number of carbonyl (C=O) groups excluding carboxylic acids is 2.